The van der Waals surface area contributed by atoms with Crippen molar-refractivity contribution in [2.24, 2.45) is 0 Å². The molecule has 0 aliphatic rings. The van der Waals surface area contributed by atoms with Gasteiger partial charge in [0.25, 0.3) is 0 Å². The van der Waals surface area contributed by atoms with Crippen LogP contribution in [0.1, 0.15) is 11.1 Å². The van der Waals surface area contributed by atoms with Gasteiger partial charge in [-0.1, -0.05) is 6.07 Å². The molecule has 1 aromatic carbocycles. The highest BCUT2D eigenvalue weighted by Crippen LogP contribution is 2.13. The fourth-order valence-corrected chi connectivity index (χ4v) is 1.51. The van der Waals surface area contributed by atoms with Crippen LogP contribution in [0.4, 0.5) is 5.69 Å². The minimum atomic E-state index is 0.0869. The monoisotopic (exact) mass is 209 g/mol. The minimum Gasteiger partial charge on any atom is -0.394 e. The normalized spacial score (nSPS) is 10.3. The zero-order valence-electron chi connectivity index (χ0n) is 9.42. The van der Waals surface area contributed by atoms with Gasteiger partial charge < -0.3 is 15.2 Å². The summed E-state index contributed by atoms with van der Waals surface area (Å²) in [6.45, 7) is 6.05. The standard InChI is InChI=1S/C12H19NO2/c1-10-7-11(2)9-12(8-10)13-3-5-15-6-4-14/h7-9,13-14H,3-6H2,1-2H3. The van der Waals surface area contributed by atoms with Crippen molar-refractivity contribution < 1.29 is 9.84 Å². The summed E-state index contributed by atoms with van der Waals surface area (Å²) in [6, 6.07) is 6.37. The predicted molar refractivity (Wildman–Crippen MR) is 62.3 cm³/mol. The van der Waals surface area contributed by atoms with Crippen molar-refractivity contribution in [3.05, 3.63) is 29.3 Å². The van der Waals surface area contributed by atoms with E-state index in [1.165, 1.54) is 11.1 Å². The van der Waals surface area contributed by atoms with E-state index in [1.54, 1.807) is 0 Å². The smallest absolute Gasteiger partial charge is 0.0698 e. The summed E-state index contributed by atoms with van der Waals surface area (Å²) in [6.07, 6.45) is 0. The fraction of sp³-hybridized carbons (Fsp3) is 0.500. The molecule has 0 saturated carbocycles. The first kappa shape index (κ1) is 12.0. The van der Waals surface area contributed by atoms with Crippen molar-refractivity contribution in [3.63, 3.8) is 0 Å². The number of hydrogen-bond acceptors (Lipinski definition) is 3. The highest BCUT2D eigenvalue weighted by Gasteiger charge is 1.94. The van der Waals surface area contributed by atoms with Crippen LogP contribution in [0.5, 0.6) is 0 Å². The van der Waals surface area contributed by atoms with Gasteiger partial charge in [0.2, 0.25) is 0 Å². The molecule has 0 fully saturated rings. The average molecular weight is 209 g/mol. The van der Waals surface area contributed by atoms with Gasteiger partial charge in [-0.05, 0) is 37.1 Å². The van der Waals surface area contributed by atoms with E-state index in [-0.39, 0.29) is 6.61 Å². The zero-order chi connectivity index (χ0) is 11.1. The van der Waals surface area contributed by atoms with E-state index in [4.69, 9.17) is 9.84 Å². The summed E-state index contributed by atoms with van der Waals surface area (Å²) in [5, 5.41) is 11.8. The van der Waals surface area contributed by atoms with Gasteiger partial charge >= 0.3 is 0 Å². The van der Waals surface area contributed by atoms with Crippen molar-refractivity contribution in [2.75, 3.05) is 31.7 Å². The molecule has 3 heteroatoms. The van der Waals surface area contributed by atoms with Crippen LogP contribution >= 0.6 is 0 Å². The van der Waals surface area contributed by atoms with Crippen LogP contribution in [0.15, 0.2) is 18.2 Å². The Labute approximate surface area is 91.1 Å². The molecule has 0 aromatic heterocycles. The van der Waals surface area contributed by atoms with Crippen molar-refractivity contribution in [1.29, 1.82) is 0 Å². The Balaban J connectivity index is 2.31. The third kappa shape index (κ3) is 4.81. The molecular formula is C12H19NO2. The maximum absolute atomic E-state index is 8.51. The van der Waals surface area contributed by atoms with E-state index in [0.717, 1.165) is 12.2 Å². The molecule has 0 saturated heterocycles. The molecule has 0 amide bonds. The summed E-state index contributed by atoms with van der Waals surface area (Å²) >= 11 is 0. The molecule has 0 aliphatic carbocycles. The SMILES string of the molecule is Cc1cc(C)cc(NCCOCCO)c1. The van der Waals surface area contributed by atoms with Gasteiger partial charge in [0.05, 0.1) is 19.8 Å². The van der Waals surface area contributed by atoms with Crippen LogP contribution in [-0.2, 0) is 4.74 Å². The lowest BCUT2D eigenvalue weighted by atomic mass is 10.1. The van der Waals surface area contributed by atoms with Gasteiger partial charge in [-0.2, -0.15) is 0 Å². The lowest BCUT2D eigenvalue weighted by Gasteiger charge is -2.08. The van der Waals surface area contributed by atoms with Gasteiger partial charge in [0.1, 0.15) is 0 Å². The van der Waals surface area contributed by atoms with Crippen LogP contribution in [0.25, 0.3) is 0 Å². The summed E-state index contributed by atoms with van der Waals surface area (Å²) in [5.41, 5.74) is 3.64. The first-order valence-electron chi connectivity index (χ1n) is 5.23. The van der Waals surface area contributed by atoms with Crippen LogP contribution in [0.2, 0.25) is 0 Å². The largest absolute Gasteiger partial charge is 0.394 e. The van der Waals surface area contributed by atoms with Gasteiger partial charge in [-0.15, -0.1) is 0 Å². The van der Waals surface area contributed by atoms with E-state index in [9.17, 15) is 0 Å². The number of aliphatic hydroxyl groups is 1. The molecule has 1 aromatic rings. The lowest BCUT2D eigenvalue weighted by molar-refractivity contribution is 0.0992. The Bertz CT molecular complexity index is 279. The van der Waals surface area contributed by atoms with Gasteiger partial charge in [-0.25, -0.2) is 0 Å². The van der Waals surface area contributed by atoms with E-state index in [2.05, 4.69) is 37.4 Å². The topological polar surface area (TPSA) is 41.5 Å². The Hall–Kier alpha value is -1.06. The van der Waals surface area contributed by atoms with E-state index >= 15 is 0 Å². The van der Waals surface area contributed by atoms with Crippen molar-refractivity contribution in [3.8, 4) is 0 Å². The molecule has 0 bridgehead atoms. The Morgan fingerprint density at radius 3 is 2.40 bits per heavy atom. The molecule has 3 nitrogen and oxygen atoms in total. The lowest BCUT2D eigenvalue weighted by Crippen LogP contribution is -2.11. The van der Waals surface area contributed by atoms with Crippen LogP contribution < -0.4 is 5.32 Å². The van der Waals surface area contributed by atoms with Gasteiger partial charge in [0, 0.05) is 12.2 Å². The predicted octanol–water partition coefficient (Wildman–Crippen LogP) is 1.72. The molecule has 0 atom stereocenters. The second-order valence-corrected chi connectivity index (χ2v) is 3.64. The number of aliphatic hydroxyl groups excluding tert-OH is 1. The van der Waals surface area contributed by atoms with Crippen LogP contribution in [-0.4, -0.2) is 31.5 Å². The first-order valence-corrected chi connectivity index (χ1v) is 5.23. The first-order chi connectivity index (χ1) is 7.22. The Morgan fingerprint density at radius 1 is 1.13 bits per heavy atom. The average Bonchev–Trinajstić information content (AvgIpc) is 2.16. The number of hydrogen-bond donors (Lipinski definition) is 2. The van der Waals surface area contributed by atoms with Gasteiger partial charge in [0.15, 0.2) is 0 Å². The summed E-state index contributed by atoms with van der Waals surface area (Å²) in [4.78, 5) is 0. The molecule has 2 N–H and O–H groups in total. The number of nitrogens with one attached hydrogen (secondary N) is 1. The molecule has 1 rings (SSSR count). The third-order valence-corrected chi connectivity index (χ3v) is 2.03. The molecular weight excluding hydrogens is 190 g/mol. The summed E-state index contributed by atoms with van der Waals surface area (Å²) in [7, 11) is 0. The van der Waals surface area contributed by atoms with Crippen molar-refractivity contribution >= 4 is 5.69 Å². The molecule has 0 aliphatic heterocycles. The number of ether oxygens (including phenoxy) is 1. The number of benzene rings is 1. The molecule has 15 heavy (non-hydrogen) atoms. The highest BCUT2D eigenvalue weighted by molar-refractivity contribution is 5.48. The third-order valence-electron chi connectivity index (χ3n) is 2.03. The molecule has 0 radical (unpaired) electrons. The number of anilines is 1. The minimum absolute atomic E-state index is 0.0869. The van der Waals surface area contributed by atoms with Crippen LogP contribution in [0.3, 0.4) is 0 Å². The fourth-order valence-electron chi connectivity index (χ4n) is 1.51. The van der Waals surface area contributed by atoms with E-state index in [1.807, 2.05) is 0 Å². The van der Waals surface area contributed by atoms with Crippen molar-refractivity contribution in [2.45, 2.75) is 13.8 Å². The Morgan fingerprint density at radius 2 is 1.80 bits per heavy atom. The zero-order valence-corrected chi connectivity index (χ0v) is 9.42. The quantitative estimate of drug-likeness (QED) is 0.701. The van der Waals surface area contributed by atoms with E-state index in [0.29, 0.717) is 13.2 Å². The number of rotatable bonds is 6. The maximum atomic E-state index is 8.51. The van der Waals surface area contributed by atoms with Crippen LogP contribution in [0, 0.1) is 13.8 Å². The number of aryl methyl sites for hydroxylation is 2. The Kier molecular flexibility index (Phi) is 5.15. The maximum Gasteiger partial charge on any atom is 0.0698 e. The molecule has 84 valence electrons. The van der Waals surface area contributed by atoms with Gasteiger partial charge in [-0.3, -0.25) is 0 Å². The highest BCUT2D eigenvalue weighted by atomic mass is 16.5. The molecule has 0 spiro atoms. The second-order valence-electron chi connectivity index (χ2n) is 3.64. The summed E-state index contributed by atoms with van der Waals surface area (Å²) in [5.74, 6) is 0. The molecule has 0 unspecified atom stereocenters. The summed E-state index contributed by atoms with van der Waals surface area (Å²) < 4.78 is 5.15. The van der Waals surface area contributed by atoms with Crippen molar-refractivity contribution in [1.82, 2.24) is 0 Å². The van der Waals surface area contributed by atoms with E-state index < -0.39 is 0 Å². The second kappa shape index (κ2) is 6.43. The molecule has 0 heterocycles.